The molecule has 0 N–H and O–H groups in total. The lowest BCUT2D eigenvalue weighted by Gasteiger charge is -2.19. The van der Waals surface area contributed by atoms with E-state index in [4.69, 9.17) is 23.7 Å². The van der Waals surface area contributed by atoms with E-state index in [-0.39, 0.29) is 5.97 Å². The summed E-state index contributed by atoms with van der Waals surface area (Å²) in [6.45, 7) is 9.50. The highest BCUT2D eigenvalue weighted by Gasteiger charge is 2.19. The molecule has 0 radical (unpaired) electrons. The van der Waals surface area contributed by atoms with E-state index in [1.165, 1.54) is 0 Å². The molecule has 4 aromatic carbocycles. The molecule has 1 unspecified atom stereocenters. The molecule has 6 nitrogen and oxygen atoms in total. The van der Waals surface area contributed by atoms with Crippen LogP contribution in [0.5, 0.6) is 23.0 Å². The van der Waals surface area contributed by atoms with Gasteiger partial charge in [-0.2, -0.15) is 0 Å². The Balaban J connectivity index is 1.42. The summed E-state index contributed by atoms with van der Waals surface area (Å²) in [5.74, 6) is 2.65. The molecule has 1 atom stereocenters. The van der Waals surface area contributed by atoms with E-state index in [1.54, 1.807) is 13.8 Å². The molecule has 4 rings (SSSR count). The molecule has 0 saturated heterocycles. The van der Waals surface area contributed by atoms with E-state index in [9.17, 15) is 4.79 Å². The van der Waals surface area contributed by atoms with Crippen molar-refractivity contribution in [1.29, 1.82) is 0 Å². The number of carbonyl (C=O) groups is 1. The third-order valence-corrected chi connectivity index (χ3v) is 7.18. The van der Waals surface area contributed by atoms with Crippen LogP contribution in [0.25, 0.3) is 11.1 Å². The predicted molar refractivity (Wildman–Crippen MR) is 175 cm³/mol. The Morgan fingerprint density at radius 1 is 0.727 bits per heavy atom. The van der Waals surface area contributed by atoms with Crippen molar-refractivity contribution in [2.45, 2.75) is 66.1 Å². The van der Waals surface area contributed by atoms with Crippen molar-refractivity contribution in [3.8, 4) is 34.1 Å². The smallest absolute Gasteiger partial charge is 0.347 e. The van der Waals surface area contributed by atoms with Crippen molar-refractivity contribution in [2.75, 3.05) is 19.8 Å². The zero-order chi connectivity index (χ0) is 31.1. The maximum Gasteiger partial charge on any atom is 0.347 e. The van der Waals surface area contributed by atoms with E-state index in [2.05, 4.69) is 44.2 Å². The molecule has 44 heavy (non-hydrogen) atoms. The van der Waals surface area contributed by atoms with Crippen molar-refractivity contribution in [3.63, 3.8) is 0 Å². The van der Waals surface area contributed by atoms with Crippen LogP contribution < -0.4 is 18.9 Å². The molecule has 0 fully saturated rings. The number of hydrogen-bond donors (Lipinski definition) is 0. The van der Waals surface area contributed by atoms with E-state index < -0.39 is 6.10 Å². The highest BCUT2D eigenvalue weighted by molar-refractivity contribution is 5.75. The van der Waals surface area contributed by atoms with Crippen molar-refractivity contribution < 1.29 is 28.5 Å². The minimum atomic E-state index is -0.697. The van der Waals surface area contributed by atoms with Gasteiger partial charge in [0.15, 0.2) is 6.10 Å². The van der Waals surface area contributed by atoms with Gasteiger partial charge in [0.05, 0.1) is 19.8 Å². The summed E-state index contributed by atoms with van der Waals surface area (Å²) in [6, 6.07) is 30.4. The Morgan fingerprint density at radius 2 is 1.41 bits per heavy atom. The molecule has 0 saturated carbocycles. The van der Waals surface area contributed by atoms with Gasteiger partial charge >= 0.3 is 5.97 Å². The number of carbonyl (C=O) groups excluding carboxylic acids is 1. The van der Waals surface area contributed by atoms with Gasteiger partial charge in [0.2, 0.25) is 0 Å². The van der Waals surface area contributed by atoms with Crippen LogP contribution in [0, 0.1) is 0 Å². The normalized spacial score (nSPS) is 11.5. The largest absolute Gasteiger partial charge is 0.493 e. The average Bonchev–Trinajstić information content (AvgIpc) is 3.05. The lowest BCUT2D eigenvalue weighted by atomic mass is 10.00. The second kappa shape index (κ2) is 17.0. The summed E-state index contributed by atoms with van der Waals surface area (Å²) in [7, 11) is 0. The Hall–Kier alpha value is -4.45. The average molecular weight is 597 g/mol. The zero-order valence-electron chi connectivity index (χ0n) is 26.3. The van der Waals surface area contributed by atoms with Crippen molar-refractivity contribution >= 4 is 5.97 Å². The van der Waals surface area contributed by atoms with Gasteiger partial charge in [-0.1, -0.05) is 87.0 Å². The number of rotatable bonds is 17. The molecule has 6 heteroatoms. The highest BCUT2D eigenvalue weighted by Crippen LogP contribution is 2.37. The SMILES string of the molecule is CCCc1c(OCCCOc2cc(OCc3ccccc3)c(-c3ccccc3)cc2CC)cccc1OC(C)C(=O)OCC. The van der Waals surface area contributed by atoms with Gasteiger partial charge in [-0.05, 0) is 61.6 Å². The fourth-order valence-corrected chi connectivity index (χ4v) is 4.92. The van der Waals surface area contributed by atoms with E-state index >= 15 is 0 Å². The number of esters is 1. The molecule has 0 amide bonds. The third kappa shape index (κ3) is 9.03. The summed E-state index contributed by atoms with van der Waals surface area (Å²) in [5.41, 5.74) is 5.35. The molecule has 4 aromatic rings. The van der Waals surface area contributed by atoms with Crippen LogP contribution in [0.3, 0.4) is 0 Å². The fraction of sp³-hybridized carbons (Fsp3) is 0.342. The summed E-state index contributed by atoms with van der Waals surface area (Å²) in [6.07, 6.45) is 2.52. The fourth-order valence-electron chi connectivity index (χ4n) is 4.92. The summed E-state index contributed by atoms with van der Waals surface area (Å²) in [5, 5.41) is 0. The maximum absolute atomic E-state index is 12.1. The van der Waals surface area contributed by atoms with Gasteiger partial charge in [0.25, 0.3) is 0 Å². The third-order valence-electron chi connectivity index (χ3n) is 7.18. The zero-order valence-corrected chi connectivity index (χ0v) is 26.3. The summed E-state index contributed by atoms with van der Waals surface area (Å²) >= 11 is 0. The van der Waals surface area contributed by atoms with Gasteiger partial charge in [-0.25, -0.2) is 4.79 Å². The lowest BCUT2D eigenvalue weighted by Crippen LogP contribution is -2.26. The van der Waals surface area contributed by atoms with E-state index in [0.717, 1.165) is 64.3 Å². The molecule has 0 heterocycles. The van der Waals surface area contributed by atoms with Crippen LogP contribution in [0.15, 0.2) is 91.0 Å². The van der Waals surface area contributed by atoms with E-state index in [1.807, 2.05) is 60.7 Å². The molecular weight excluding hydrogens is 552 g/mol. The van der Waals surface area contributed by atoms with Crippen molar-refractivity contribution in [2.24, 2.45) is 0 Å². The molecule has 0 aliphatic heterocycles. The first-order valence-corrected chi connectivity index (χ1v) is 15.6. The first-order valence-electron chi connectivity index (χ1n) is 15.6. The molecule has 0 aromatic heterocycles. The van der Waals surface area contributed by atoms with Crippen LogP contribution in [-0.4, -0.2) is 31.9 Å². The second-order valence-corrected chi connectivity index (χ2v) is 10.5. The van der Waals surface area contributed by atoms with Gasteiger partial charge < -0.3 is 23.7 Å². The van der Waals surface area contributed by atoms with Crippen LogP contribution in [0.1, 0.15) is 57.2 Å². The van der Waals surface area contributed by atoms with Gasteiger partial charge in [-0.3, -0.25) is 0 Å². The first-order chi connectivity index (χ1) is 21.5. The standard InChI is InChI=1S/C38H44O6/c1-5-16-32-34(21-14-22-35(32)44-28(4)38(39)40-7-3)41-23-15-24-42-36-26-37(43-27-29-17-10-8-11-18-29)33(25-30(36)6-2)31-19-12-9-13-20-31/h8-14,17-22,25-26,28H,5-7,15-16,23-24,27H2,1-4H3. The Morgan fingerprint density at radius 3 is 2.09 bits per heavy atom. The molecule has 0 aliphatic rings. The lowest BCUT2D eigenvalue weighted by molar-refractivity contribution is -0.150. The van der Waals surface area contributed by atoms with Crippen LogP contribution in [0.2, 0.25) is 0 Å². The molecule has 0 spiro atoms. The quantitative estimate of drug-likeness (QED) is 0.0898. The topological polar surface area (TPSA) is 63.2 Å². The maximum atomic E-state index is 12.1. The van der Waals surface area contributed by atoms with Gasteiger partial charge in [0.1, 0.15) is 29.6 Å². The minimum absolute atomic E-state index is 0.318. The van der Waals surface area contributed by atoms with Gasteiger partial charge in [0, 0.05) is 23.6 Å². The first kappa shape index (κ1) is 32.5. The van der Waals surface area contributed by atoms with Crippen LogP contribution in [-0.2, 0) is 29.0 Å². The Labute approximate surface area is 261 Å². The van der Waals surface area contributed by atoms with Crippen LogP contribution >= 0.6 is 0 Å². The molecule has 0 aliphatic carbocycles. The van der Waals surface area contributed by atoms with E-state index in [0.29, 0.717) is 38.6 Å². The molecular formula is C38H44O6. The number of aryl methyl sites for hydroxylation is 1. The predicted octanol–water partition coefficient (Wildman–Crippen LogP) is 8.63. The number of ether oxygens (including phenoxy) is 5. The van der Waals surface area contributed by atoms with Crippen molar-refractivity contribution in [1.82, 2.24) is 0 Å². The summed E-state index contributed by atoms with van der Waals surface area (Å²) < 4.78 is 30.0. The monoisotopic (exact) mass is 596 g/mol. The molecule has 232 valence electrons. The minimum Gasteiger partial charge on any atom is -0.493 e. The number of hydrogen-bond acceptors (Lipinski definition) is 6. The van der Waals surface area contributed by atoms with Gasteiger partial charge in [-0.15, -0.1) is 0 Å². The Kier molecular flexibility index (Phi) is 12.5. The van der Waals surface area contributed by atoms with Crippen molar-refractivity contribution in [3.05, 3.63) is 108 Å². The second-order valence-electron chi connectivity index (χ2n) is 10.5. The molecule has 0 bridgehead atoms. The number of benzene rings is 4. The Bertz CT molecular complexity index is 1450. The van der Waals surface area contributed by atoms with Crippen LogP contribution in [0.4, 0.5) is 0 Å². The highest BCUT2D eigenvalue weighted by atomic mass is 16.6. The summed E-state index contributed by atoms with van der Waals surface area (Å²) in [4.78, 5) is 12.1.